The molecule has 0 spiro atoms. The van der Waals surface area contributed by atoms with Crippen LogP contribution in [0, 0.1) is 6.92 Å². The minimum atomic E-state index is 0.653. The molecule has 2 nitrogen and oxygen atoms in total. The van der Waals surface area contributed by atoms with Crippen molar-refractivity contribution in [2.75, 3.05) is 5.32 Å². The molecule has 0 fully saturated rings. The van der Waals surface area contributed by atoms with E-state index in [1.165, 1.54) is 5.56 Å². The Balaban J connectivity index is 1.72. The minimum Gasteiger partial charge on any atom is -0.332 e. The Kier molecular flexibility index (Phi) is 4.67. The van der Waals surface area contributed by atoms with Gasteiger partial charge in [0.1, 0.15) is 0 Å². The molecule has 3 aromatic rings. The normalized spacial score (nSPS) is 10.7. The highest BCUT2D eigenvalue weighted by Gasteiger charge is 2.07. The number of hydrogen-bond donors (Lipinski definition) is 1. The number of halogens is 2. The molecule has 112 valence electrons. The highest BCUT2D eigenvalue weighted by molar-refractivity contribution is 7.15. The molecule has 0 bridgehead atoms. The van der Waals surface area contributed by atoms with Gasteiger partial charge < -0.3 is 5.32 Å². The second kappa shape index (κ2) is 6.69. The maximum absolute atomic E-state index is 6.21. The van der Waals surface area contributed by atoms with Crippen LogP contribution in [0.2, 0.25) is 10.0 Å². The third kappa shape index (κ3) is 3.80. The molecular weight excluding hydrogens is 335 g/mol. The second-order valence-electron chi connectivity index (χ2n) is 5.04. The molecule has 5 heteroatoms. The zero-order valence-corrected chi connectivity index (χ0v) is 14.3. The van der Waals surface area contributed by atoms with Crippen LogP contribution in [0.5, 0.6) is 0 Å². The molecular formula is C17H14Cl2N2S. The highest BCUT2D eigenvalue weighted by Crippen LogP contribution is 2.28. The summed E-state index contributed by atoms with van der Waals surface area (Å²) in [6, 6.07) is 13.8. The van der Waals surface area contributed by atoms with Gasteiger partial charge in [-0.3, -0.25) is 0 Å². The molecule has 1 aromatic heterocycles. The van der Waals surface area contributed by atoms with Gasteiger partial charge in [-0.15, -0.1) is 11.3 Å². The van der Waals surface area contributed by atoms with Crippen LogP contribution in [0.15, 0.2) is 48.7 Å². The first-order valence-electron chi connectivity index (χ1n) is 6.82. The van der Waals surface area contributed by atoms with Crippen molar-refractivity contribution in [1.82, 2.24) is 4.98 Å². The monoisotopic (exact) mass is 348 g/mol. The molecule has 0 aliphatic rings. The van der Waals surface area contributed by atoms with Crippen LogP contribution in [-0.4, -0.2) is 4.98 Å². The number of thiazole rings is 1. The number of aromatic nitrogens is 1. The van der Waals surface area contributed by atoms with E-state index < -0.39 is 0 Å². The van der Waals surface area contributed by atoms with E-state index in [9.17, 15) is 0 Å². The molecule has 3 rings (SSSR count). The van der Waals surface area contributed by atoms with Crippen LogP contribution in [0.1, 0.15) is 16.0 Å². The van der Waals surface area contributed by atoms with Gasteiger partial charge in [0.05, 0.1) is 0 Å². The predicted molar refractivity (Wildman–Crippen MR) is 95.8 cm³/mol. The van der Waals surface area contributed by atoms with Gasteiger partial charge in [0.15, 0.2) is 5.13 Å². The molecule has 0 radical (unpaired) electrons. The highest BCUT2D eigenvalue weighted by atomic mass is 35.5. The van der Waals surface area contributed by atoms with Crippen molar-refractivity contribution in [2.24, 2.45) is 0 Å². The van der Waals surface area contributed by atoms with Gasteiger partial charge in [-0.1, -0.05) is 47.0 Å². The Morgan fingerprint density at radius 1 is 1.09 bits per heavy atom. The molecule has 0 amide bonds. The number of nitrogens with zero attached hydrogens (tertiary/aromatic N) is 1. The van der Waals surface area contributed by atoms with E-state index in [2.05, 4.69) is 29.4 Å². The smallest absolute Gasteiger partial charge is 0.187 e. The molecule has 0 atom stereocenters. The SMILES string of the molecule is Cc1ccc(Nc2ncc(Cc3ccc(Cl)cc3Cl)s2)cc1. The van der Waals surface area contributed by atoms with Gasteiger partial charge in [-0.25, -0.2) is 4.98 Å². The summed E-state index contributed by atoms with van der Waals surface area (Å²) in [6.07, 6.45) is 2.63. The van der Waals surface area contributed by atoms with Gasteiger partial charge in [-0.2, -0.15) is 0 Å². The average molecular weight is 349 g/mol. The van der Waals surface area contributed by atoms with E-state index in [0.29, 0.717) is 10.0 Å². The maximum Gasteiger partial charge on any atom is 0.187 e. The maximum atomic E-state index is 6.21. The molecule has 1 N–H and O–H groups in total. The van der Waals surface area contributed by atoms with Crippen molar-refractivity contribution in [2.45, 2.75) is 13.3 Å². The van der Waals surface area contributed by atoms with Gasteiger partial charge in [0.2, 0.25) is 0 Å². The first kappa shape index (κ1) is 15.3. The number of hydrogen-bond acceptors (Lipinski definition) is 3. The van der Waals surface area contributed by atoms with Crippen LogP contribution in [0.25, 0.3) is 0 Å². The molecule has 0 aliphatic carbocycles. The largest absolute Gasteiger partial charge is 0.332 e. The fourth-order valence-corrected chi connectivity index (χ4v) is 3.39. The summed E-state index contributed by atoms with van der Waals surface area (Å²) in [4.78, 5) is 5.57. The summed E-state index contributed by atoms with van der Waals surface area (Å²) in [6.45, 7) is 2.07. The van der Waals surface area contributed by atoms with Gasteiger partial charge >= 0.3 is 0 Å². The number of benzene rings is 2. The van der Waals surface area contributed by atoms with E-state index in [1.807, 2.05) is 30.5 Å². The van der Waals surface area contributed by atoms with Crippen LogP contribution >= 0.6 is 34.5 Å². The zero-order valence-electron chi connectivity index (χ0n) is 11.9. The van der Waals surface area contributed by atoms with Crippen molar-refractivity contribution in [3.05, 3.63) is 74.7 Å². The first-order valence-corrected chi connectivity index (χ1v) is 8.40. The molecule has 22 heavy (non-hydrogen) atoms. The Morgan fingerprint density at radius 3 is 2.59 bits per heavy atom. The van der Waals surface area contributed by atoms with Crippen LogP contribution < -0.4 is 5.32 Å². The van der Waals surface area contributed by atoms with E-state index in [-0.39, 0.29) is 0 Å². The van der Waals surface area contributed by atoms with Gasteiger partial charge in [0.25, 0.3) is 0 Å². The van der Waals surface area contributed by atoms with Crippen LogP contribution in [0.4, 0.5) is 10.8 Å². The van der Waals surface area contributed by atoms with E-state index >= 15 is 0 Å². The topological polar surface area (TPSA) is 24.9 Å². The number of aryl methyl sites for hydroxylation is 1. The molecule has 0 saturated carbocycles. The first-order chi connectivity index (χ1) is 10.6. The zero-order chi connectivity index (χ0) is 15.5. The van der Waals surface area contributed by atoms with Crippen molar-refractivity contribution in [3.63, 3.8) is 0 Å². The number of anilines is 2. The lowest BCUT2D eigenvalue weighted by atomic mass is 10.1. The van der Waals surface area contributed by atoms with Crippen LogP contribution in [-0.2, 0) is 6.42 Å². The van der Waals surface area contributed by atoms with E-state index in [0.717, 1.165) is 27.7 Å². The summed E-state index contributed by atoms with van der Waals surface area (Å²) in [5.74, 6) is 0. The average Bonchev–Trinajstić information content (AvgIpc) is 2.92. The lowest BCUT2D eigenvalue weighted by molar-refractivity contribution is 1.22. The molecule has 0 saturated heterocycles. The minimum absolute atomic E-state index is 0.653. The lowest BCUT2D eigenvalue weighted by Gasteiger charge is -2.03. The third-order valence-corrected chi connectivity index (χ3v) is 4.74. The van der Waals surface area contributed by atoms with E-state index in [1.54, 1.807) is 17.4 Å². The standard InChI is InChI=1S/C17H14Cl2N2S/c1-11-2-6-14(7-3-11)21-17-20-10-15(22-17)8-12-4-5-13(18)9-16(12)19/h2-7,9-10H,8H2,1H3,(H,20,21). The van der Waals surface area contributed by atoms with Crippen LogP contribution in [0.3, 0.4) is 0 Å². The summed E-state index contributed by atoms with van der Waals surface area (Å²) in [7, 11) is 0. The quantitative estimate of drug-likeness (QED) is 0.616. The fourth-order valence-electron chi connectivity index (χ4n) is 2.06. The van der Waals surface area contributed by atoms with Gasteiger partial charge in [-0.05, 0) is 36.8 Å². The van der Waals surface area contributed by atoms with Crippen molar-refractivity contribution in [3.8, 4) is 0 Å². The Bertz CT molecular complexity index is 782. The molecule has 0 aliphatic heterocycles. The second-order valence-corrected chi connectivity index (χ2v) is 6.99. The Morgan fingerprint density at radius 2 is 1.86 bits per heavy atom. The van der Waals surface area contributed by atoms with Crippen molar-refractivity contribution in [1.29, 1.82) is 0 Å². The summed E-state index contributed by atoms with van der Waals surface area (Å²) < 4.78 is 0. The molecule has 2 aromatic carbocycles. The van der Waals surface area contributed by atoms with Crippen molar-refractivity contribution >= 4 is 45.4 Å². The summed E-state index contributed by atoms with van der Waals surface area (Å²) in [5, 5.41) is 5.53. The summed E-state index contributed by atoms with van der Waals surface area (Å²) in [5.41, 5.74) is 3.33. The van der Waals surface area contributed by atoms with Crippen molar-refractivity contribution < 1.29 is 0 Å². The predicted octanol–water partition coefficient (Wildman–Crippen LogP) is 6.09. The molecule has 0 unspecified atom stereocenters. The fraction of sp³-hybridized carbons (Fsp3) is 0.118. The molecule has 1 heterocycles. The number of rotatable bonds is 4. The lowest BCUT2D eigenvalue weighted by Crippen LogP contribution is -1.88. The van der Waals surface area contributed by atoms with Gasteiger partial charge in [0, 0.05) is 33.2 Å². The van der Waals surface area contributed by atoms with E-state index in [4.69, 9.17) is 23.2 Å². The summed E-state index contributed by atoms with van der Waals surface area (Å²) >= 11 is 13.8. The third-order valence-electron chi connectivity index (χ3n) is 3.24. The Labute approximate surface area is 143 Å². The number of nitrogens with one attached hydrogen (secondary N) is 1. The Hall–Kier alpha value is -1.55.